The van der Waals surface area contributed by atoms with Crippen LogP contribution in [0.3, 0.4) is 0 Å². The molecule has 1 amide bonds. The summed E-state index contributed by atoms with van der Waals surface area (Å²) in [5.74, 6) is -0.0902. The van der Waals surface area contributed by atoms with E-state index in [1.165, 1.54) is 18.2 Å². The Kier molecular flexibility index (Phi) is 7.05. The fraction of sp³-hybridized carbons (Fsp3) is 0.0370. The molecule has 7 nitrogen and oxygen atoms in total. The standard InChI is InChI=1S/C27H18ClN3O4/c28-25-13-10-22(31(33)34)15-26(25)30-27(32)21(16-29)14-18-8-11-23(12-9-18)35-17-20-6-3-5-19-4-1-2-7-24(19)20/h1-15H,17H2,(H,30,32)/b21-14+. The molecule has 4 rings (SSSR count). The van der Waals surface area contributed by atoms with E-state index >= 15 is 0 Å². The van der Waals surface area contributed by atoms with Crippen LogP contribution in [0.2, 0.25) is 5.02 Å². The molecule has 1 N–H and O–H groups in total. The summed E-state index contributed by atoms with van der Waals surface area (Å²) >= 11 is 6.02. The molecule has 0 aliphatic carbocycles. The molecule has 0 atom stereocenters. The number of halogens is 1. The van der Waals surface area contributed by atoms with Gasteiger partial charge in [-0.2, -0.15) is 5.26 Å². The van der Waals surface area contributed by atoms with Crippen molar-refractivity contribution >= 4 is 45.7 Å². The van der Waals surface area contributed by atoms with Crippen LogP contribution in [0.15, 0.2) is 90.5 Å². The molecule has 0 aliphatic heterocycles. The topological polar surface area (TPSA) is 105 Å². The van der Waals surface area contributed by atoms with Gasteiger partial charge >= 0.3 is 0 Å². The van der Waals surface area contributed by atoms with Crippen LogP contribution < -0.4 is 10.1 Å². The minimum atomic E-state index is -0.730. The molecule has 0 radical (unpaired) electrons. The first-order chi connectivity index (χ1) is 16.9. The maximum atomic E-state index is 12.6. The summed E-state index contributed by atoms with van der Waals surface area (Å²) in [4.78, 5) is 22.9. The summed E-state index contributed by atoms with van der Waals surface area (Å²) in [5, 5.41) is 25.3. The molecular formula is C27H18ClN3O4. The predicted octanol–water partition coefficient (Wildman–Crippen LogP) is 6.53. The van der Waals surface area contributed by atoms with Crippen LogP contribution in [0.4, 0.5) is 11.4 Å². The molecule has 0 aliphatic rings. The summed E-state index contributed by atoms with van der Waals surface area (Å²) in [5.41, 5.74) is 1.31. The Morgan fingerprint density at radius 2 is 1.80 bits per heavy atom. The fourth-order valence-electron chi connectivity index (χ4n) is 3.47. The minimum absolute atomic E-state index is 0.0456. The highest BCUT2D eigenvalue weighted by molar-refractivity contribution is 6.34. The number of nitrogens with zero attached hydrogens (tertiary/aromatic N) is 2. The number of anilines is 1. The molecule has 0 heterocycles. The van der Waals surface area contributed by atoms with E-state index in [0.29, 0.717) is 17.9 Å². The molecule has 0 unspecified atom stereocenters. The third-order valence-corrected chi connectivity index (χ3v) is 5.57. The average molecular weight is 484 g/mol. The second-order valence-electron chi connectivity index (χ2n) is 7.54. The number of hydrogen-bond acceptors (Lipinski definition) is 5. The molecule has 172 valence electrons. The van der Waals surface area contributed by atoms with Gasteiger partial charge in [0.1, 0.15) is 24.0 Å². The number of benzene rings is 4. The van der Waals surface area contributed by atoms with E-state index in [0.717, 1.165) is 22.4 Å². The van der Waals surface area contributed by atoms with E-state index in [9.17, 15) is 20.2 Å². The largest absolute Gasteiger partial charge is 0.489 e. The monoisotopic (exact) mass is 483 g/mol. The van der Waals surface area contributed by atoms with E-state index in [-0.39, 0.29) is 22.0 Å². The van der Waals surface area contributed by atoms with Crippen LogP contribution in [-0.4, -0.2) is 10.8 Å². The lowest BCUT2D eigenvalue weighted by molar-refractivity contribution is -0.384. The molecule has 35 heavy (non-hydrogen) atoms. The summed E-state index contributed by atoms with van der Waals surface area (Å²) in [6, 6.07) is 26.6. The Balaban J connectivity index is 1.45. The van der Waals surface area contributed by atoms with Crippen molar-refractivity contribution in [2.45, 2.75) is 6.61 Å². The highest BCUT2D eigenvalue weighted by Crippen LogP contribution is 2.27. The minimum Gasteiger partial charge on any atom is -0.489 e. The zero-order valence-corrected chi connectivity index (χ0v) is 19.0. The Hall–Kier alpha value is -4.67. The normalized spacial score (nSPS) is 11.0. The van der Waals surface area contributed by atoms with E-state index in [4.69, 9.17) is 16.3 Å². The van der Waals surface area contributed by atoms with Crippen molar-refractivity contribution in [3.05, 3.63) is 117 Å². The fourth-order valence-corrected chi connectivity index (χ4v) is 3.63. The first-order valence-corrected chi connectivity index (χ1v) is 10.9. The lowest BCUT2D eigenvalue weighted by Gasteiger charge is -2.09. The summed E-state index contributed by atoms with van der Waals surface area (Å²) < 4.78 is 5.92. The number of carbonyl (C=O) groups excluding carboxylic acids is 1. The highest BCUT2D eigenvalue weighted by Gasteiger charge is 2.15. The molecule has 4 aromatic rings. The van der Waals surface area contributed by atoms with Crippen LogP contribution >= 0.6 is 11.6 Å². The van der Waals surface area contributed by atoms with E-state index < -0.39 is 10.8 Å². The smallest absolute Gasteiger partial charge is 0.271 e. The zero-order chi connectivity index (χ0) is 24.8. The van der Waals surface area contributed by atoms with Gasteiger partial charge in [0.2, 0.25) is 0 Å². The SMILES string of the molecule is N#C/C(=C\c1ccc(OCc2cccc3ccccc23)cc1)C(=O)Nc1cc([N+](=O)[O-])ccc1Cl. The molecule has 4 aromatic carbocycles. The molecule has 8 heteroatoms. The third kappa shape index (κ3) is 5.64. The molecule has 0 saturated heterocycles. The first-order valence-electron chi connectivity index (χ1n) is 10.5. The maximum absolute atomic E-state index is 12.6. The quantitative estimate of drug-likeness (QED) is 0.139. The van der Waals surface area contributed by atoms with Gasteiger partial charge in [0, 0.05) is 12.1 Å². The number of carbonyl (C=O) groups is 1. The van der Waals surface area contributed by atoms with Gasteiger partial charge in [-0.25, -0.2) is 0 Å². The van der Waals surface area contributed by atoms with Crippen molar-refractivity contribution in [3.63, 3.8) is 0 Å². The Morgan fingerprint density at radius 3 is 2.54 bits per heavy atom. The average Bonchev–Trinajstić information content (AvgIpc) is 2.87. The van der Waals surface area contributed by atoms with Crippen molar-refractivity contribution in [1.82, 2.24) is 0 Å². The van der Waals surface area contributed by atoms with Crippen LogP contribution in [-0.2, 0) is 11.4 Å². The number of nitro benzene ring substituents is 1. The van der Waals surface area contributed by atoms with Gasteiger partial charge < -0.3 is 10.1 Å². The predicted molar refractivity (Wildman–Crippen MR) is 135 cm³/mol. The molecule has 0 bridgehead atoms. The molecular weight excluding hydrogens is 466 g/mol. The van der Waals surface area contributed by atoms with Gasteiger partial charge in [0.05, 0.1) is 15.6 Å². The van der Waals surface area contributed by atoms with Crippen LogP contribution in [0.1, 0.15) is 11.1 Å². The number of hydrogen-bond donors (Lipinski definition) is 1. The number of rotatable bonds is 7. The van der Waals surface area contributed by atoms with Crippen molar-refractivity contribution in [2.24, 2.45) is 0 Å². The Morgan fingerprint density at radius 1 is 1.06 bits per heavy atom. The van der Waals surface area contributed by atoms with Gasteiger partial charge in [0.25, 0.3) is 11.6 Å². The van der Waals surface area contributed by atoms with E-state index in [2.05, 4.69) is 23.5 Å². The van der Waals surface area contributed by atoms with Crippen molar-refractivity contribution < 1.29 is 14.5 Å². The molecule has 0 saturated carbocycles. The number of fused-ring (bicyclic) bond motifs is 1. The summed E-state index contributed by atoms with van der Waals surface area (Å²) in [7, 11) is 0. The summed E-state index contributed by atoms with van der Waals surface area (Å²) in [6.07, 6.45) is 1.41. The number of nitriles is 1. The number of nitrogens with one attached hydrogen (secondary N) is 1. The lowest BCUT2D eigenvalue weighted by Crippen LogP contribution is -2.14. The highest BCUT2D eigenvalue weighted by atomic mass is 35.5. The van der Waals surface area contributed by atoms with E-state index in [1.54, 1.807) is 24.3 Å². The van der Waals surface area contributed by atoms with Crippen molar-refractivity contribution in [2.75, 3.05) is 5.32 Å². The third-order valence-electron chi connectivity index (χ3n) is 5.24. The van der Waals surface area contributed by atoms with E-state index in [1.807, 2.05) is 30.3 Å². The first kappa shape index (κ1) is 23.5. The number of ether oxygens (including phenoxy) is 1. The Labute approximate surface area is 206 Å². The molecule has 0 spiro atoms. The maximum Gasteiger partial charge on any atom is 0.271 e. The second kappa shape index (κ2) is 10.5. The van der Waals surface area contributed by atoms with Crippen LogP contribution in [0, 0.1) is 21.4 Å². The number of nitro groups is 1. The van der Waals surface area contributed by atoms with Crippen molar-refractivity contribution in [1.29, 1.82) is 5.26 Å². The second-order valence-corrected chi connectivity index (χ2v) is 7.95. The van der Waals surface area contributed by atoms with Gasteiger partial charge in [0.15, 0.2) is 0 Å². The molecule has 0 aromatic heterocycles. The number of non-ortho nitro benzene ring substituents is 1. The van der Waals surface area contributed by atoms with Crippen LogP contribution in [0.5, 0.6) is 5.75 Å². The lowest BCUT2D eigenvalue weighted by atomic mass is 10.1. The van der Waals surface area contributed by atoms with Gasteiger partial charge in [-0.15, -0.1) is 0 Å². The van der Waals surface area contributed by atoms with Gasteiger partial charge in [-0.3, -0.25) is 14.9 Å². The number of amides is 1. The van der Waals surface area contributed by atoms with Crippen LogP contribution in [0.25, 0.3) is 16.8 Å². The zero-order valence-electron chi connectivity index (χ0n) is 18.3. The summed E-state index contributed by atoms with van der Waals surface area (Å²) in [6.45, 7) is 0.395. The molecule has 0 fully saturated rings. The van der Waals surface area contributed by atoms with Gasteiger partial charge in [-0.1, -0.05) is 66.2 Å². The van der Waals surface area contributed by atoms with Crippen molar-refractivity contribution in [3.8, 4) is 11.8 Å². The Bertz CT molecular complexity index is 1490. The van der Waals surface area contributed by atoms with Gasteiger partial charge in [-0.05, 0) is 46.2 Å².